The number of carbonyl (C=O) groups excluding carboxylic acids is 2. The molecule has 30 heavy (non-hydrogen) atoms. The molecule has 0 N–H and O–H groups in total. The van der Waals surface area contributed by atoms with Crippen LogP contribution in [-0.2, 0) is 16.1 Å². The lowest BCUT2D eigenvalue weighted by atomic mass is 10.0. The van der Waals surface area contributed by atoms with Crippen LogP contribution in [0.1, 0.15) is 33.0 Å². The average molecular weight is 404 g/mol. The first-order valence-corrected chi connectivity index (χ1v) is 9.47. The molecular formula is C24H20O6. The van der Waals surface area contributed by atoms with Crippen molar-refractivity contribution in [3.8, 4) is 11.5 Å². The zero-order chi connectivity index (χ0) is 21.1. The maximum Gasteiger partial charge on any atom is 0.344 e. The first-order valence-electron chi connectivity index (χ1n) is 9.47. The molecule has 2 aromatic carbocycles. The summed E-state index contributed by atoms with van der Waals surface area (Å²) in [6.07, 6.45) is 1.57. The van der Waals surface area contributed by atoms with Crippen LogP contribution in [0.4, 0.5) is 0 Å². The van der Waals surface area contributed by atoms with Gasteiger partial charge in [-0.1, -0.05) is 30.3 Å². The van der Waals surface area contributed by atoms with E-state index in [1.54, 1.807) is 31.2 Å². The third kappa shape index (κ3) is 4.27. The number of furan rings is 1. The largest absolute Gasteiger partial charge is 0.482 e. The fraction of sp³-hybridized carbons (Fsp3) is 0.167. The van der Waals surface area contributed by atoms with Crippen LogP contribution in [0.2, 0.25) is 0 Å². The van der Waals surface area contributed by atoms with Crippen molar-refractivity contribution in [3.63, 3.8) is 0 Å². The number of esters is 1. The van der Waals surface area contributed by atoms with Crippen molar-refractivity contribution in [2.24, 2.45) is 0 Å². The number of allylic oxidation sites excluding steroid dienone is 1. The normalized spacial score (nSPS) is 13.8. The number of fused-ring (bicyclic) bond motifs is 1. The van der Waals surface area contributed by atoms with Gasteiger partial charge in [0.05, 0.1) is 5.56 Å². The molecule has 0 aliphatic carbocycles. The predicted molar refractivity (Wildman–Crippen MR) is 109 cm³/mol. The van der Waals surface area contributed by atoms with Crippen molar-refractivity contribution in [2.75, 3.05) is 6.61 Å². The third-order valence-electron chi connectivity index (χ3n) is 4.58. The Morgan fingerprint density at radius 3 is 2.60 bits per heavy atom. The van der Waals surface area contributed by atoms with Crippen LogP contribution in [-0.4, -0.2) is 18.4 Å². The van der Waals surface area contributed by atoms with E-state index in [2.05, 4.69) is 0 Å². The first kappa shape index (κ1) is 19.5. The summed E-state index contributed by atoms with van der Waals surface area (Å²) in [4.78, 5) is 24.6. The standard InChI is InChI=1S/C24H20O6/c1-15-10-19(27-14-22(25)28-13-17-6-4-3-5-7-17)12-20-23(15)24(26)21(30-20)11-18-9-8-16(2)29-18/h3-12H,13-14H2,1-2H3/b21-11-. The van der Waals surface area contributed by atoms with E-state index < -0.39 is 5.97 Å². The van der Waals surface area contributed by atoms with Gasteiger partial charge in [0, 0.05) is 12.1 Å². The molecule has 1 aliphatic heterocycles. The minimum Gasteiger partial charge on any atom is -0.482 e. The van der Waals surface area contributed by atoms with Gasteiger partial charge in [0.1, 0.15) is 29.6 Å². The Hall–Kier alpha value is -3.80. The fourth-order valence-electron chi connectivity index (χ4n) is 3.14. The highest BCUT2D eigenvalue weighted by molar-refractivity contribution is 6.15. The van der Waals surface area contributed by atoms with E-state index in [1.165, 1.54) is 0 Å². The molecule has 0 unspecified atom stereocenters. The monoisotopic (exact) mass is 404 g/mol. The summed E-state index contributed by atoms with van der Waals surface area (Å²) in [5.74, 6) is 1.58. The van der Waals surface area contributed by atoms with Crippen molar-refractivity contribution in [2.45, 2.75) is 20.5 Å². The van der Waals surface area contributed by atoms with E-state index in [0.29, 0.717) is 28.4 Å². The molecular weight excluding hydrogens is 384 g/mol. The number of benzene rings is 2. The van der Waals surface area contributed by atoms with Crippen molar-refractivity contribution < 1.29 is 28.2 Å². The molecule has 1 aromatic heterocycles. The van der Waals surface area contributed by atoms with Gasteiger partial charge in [-0.15, -0.1) is 0 Å². The Balaban J connectivity index is 1.41. The second-order valence-corrected chi connectivity index (χ2v) is 6.94. The van der Waals surface area contributed by atoms with Crippen LogP contribution in [0.25, 0.3) is 6.08 Å². The summed E-state index contributed by atoms with van der Waals surface area (Å²) in [7, 11) is 0. The minimum absolute atomic E-state index is 0.182. The van der Waals surface area contributed by atoms with Gasteiger partial charge in [-0.05, 0) is 43.2 Å². The Bertz CT molecular complexity index is 1120. The zero-order valence-corrected chi connectivity index (χ0v) is 16.6. The van der Waals surface area contributed by atoms with Crippen molar-refractivity contribution in [3.05, 3.63) is 88.6 Å². The Morgan fingerprint density at radius 2 is 1.87 bits per heavy atom. The molecule has 6 nitrogen and oxygen atoms in total. The molecule has 0 atom stereocenters. The predicted octanol–water partition coefficient (Wildman–Crippen LogP) is 4.63. The zero-order valence-electron chi connectivity index (χ0n) is 16.6. The number of hydrogen-bond acceptors (Lipinski definition) is 6. The SMILES string of the molecule is Cc1ccc(/C=C2\Oc3cc(OCC(=O)OCc4ccccc4)cc(C)c3C2=O)o1. The van der Waals surface area contributed by atoms with Crippen molar-refractivity contribution in [1.82, 2.24) is 0 Å². The third-order valence-corrected chi connectivity index (χ3v) is 4.58. The molecule has 1 aliphatic rings. The Kier molecular flexibility index (Phi) is 5.39. The molecule has 152 valence electrons. The number of ether oxygens (including phenoxy) is 3. The van der Waals surface area contributed by atoms with Crippen LogP contribution in [0.15, 0.2) is 64.8 Å². The van der Waals surface area contributed by atoms with Gasteiger partial charge in [0.25, 0.3) is 0 Å². The van der Waals surface area contributed by atoms with E-state index in [1.807, 2.05) is 43.3 Å². The molecule has 0 fully saturated rings. The number of carbonyl (C=O) groups is 2. The molecule has 0 spiro atoms. The van der Waals surface area contributed by atoms with Gasteiger partial charge >= 0.3 is 5.97 Å². The summed E-state index contributed by atoms with van der Waals surface area (Å²) in [5.41, 5.74) is 2.07. The molecule has 2 heterocycles. The molecule has 0 amide bonds. The summed E-state index contributed by atoms with van der Waals surface area (Å²) in [6.45, 7) is 3.56. The van der Waals surface area contributed by atoms with Crippen LogP contribution in [0.5, 0.6) is 11.5 Å². The van der Waals surface area contributed by atoms with Crippen molar-refractivity contribution in [1.29, 1.82) is 0 Å². The highest BCUT2D eigenvalue weighted by Gasteiger charge is 2.30. The smallest absolute Gasteiger partial charge is 0.344 e. The maximum absolute atomic E-state index is 12.7. The fourth-order valence-corrected chi connectivity index (χ4v) is 3.14. The Morgan fingerprint density at radius 1 is 1.07 bits per heavy atom. The topological polar surface area (TPSA) is 75.0 Å². The van der Waals surface area contributed by atoms with Crippen LogP contribution >= 0.6 is 0 Å². The van der Waals surface area contributed by atoms with Gasteiger partial charge in [-0.2, -0.15) is 0 Å². The molecule has 0 saturated heterocycles. The Labute approximate surface area is 173 Å². The van der Waals surface area contributed by atoms with Gasteiger partial charge in [-0.25, -0.2) is 4.79 Å². The highest BCUT2D eigenvalue weighted by atomic mass is 16.6. The second-order valence-electron chi connectivity index (χ2n) is 6.94. The average Bonchev–Trinajstić information content (AvgIpc) is 3.28. The van der Waals surface area contributed by atoms with Gasteiger partial charge < -0.3 is 18.6 Å². The number of aryl methyl sites for hydroxylation is 2. The van der Waals surface area contributed by atoms with Crippen LogP contribution < -0.4 is 9.47 Å². The van der Waals surface area contributed by atoms with E-state index in [4.69, 9.17) is 18.6 Å². The van der Waals surface area contributed by atoms with Crippen LogP contribution in [0, 0.1) is 13.8 Å². The van der Waals surface area contributed by atoms with E-state index >= 15 is 0 Å². The lowest BCUT2D eigenvalue weighted by Crippen LogP contribution is -2.14. The highest BCUT2D eigenvalue weighted by Crippen LogP contribution is 2.37. The summed E-state index contributed by atoms with van der Waals surface area (Å²) in [5, 5.41) is 0. The maximum atomic E-state index is 12.7. The lowest BCUT2D eigenvalue weighted by Gasteiger charge is -2.09. The van der Waals surface area contributed by atoms with E-state index in [0.717, 1.165) is 11.3 Å². The van der Waals surface area contributed by atoms with Crippen molar-refractivity contribution >= 4 is 17.8 Å². The number of hydrogen-bond donors (Lipinski definition) is 0. The van der Waals surface area contributed by atoms with E-state index in [-0.39, 0.29) is 24.8 Å². The molecule has 3 aromatic rings. The quantitative estimate of drug-likeness (QED) is 0.440. The number of rotatable bonds is 6. The summed E-state index contributed by atoms with van der Waals surface area (Å²) in [6, 6.07) is 16.3. The van der Waals surface area contributed by atoms with Gasteiger partial charge in [0.15, 0.2) is 12.4 Å². The lowest BCUT2D eigenvalue weighted by molar-refractivity contribution is -0.147. The molecule has 6 heteroatoms. The molecule has 0 radical (unpaired) electrons. The summed E-state index contributed by atoms with van der Waals surface area (Å²) >= 11 is 0. The van der Waals surface area contributed by atoms with Gasteiger partial charge in [-0.3, -0.25) is 4.79 Å². The molecule has 0 bridgehead atoms. The molecule has 4 rings (SSSR count). The minimum atomic E-state index is -0.484. The first-order chi connectivity index (χ1) is 14.5. The number of Topliss-reactive ketones (excluding diaryl/α,β-unsaturated/α-hetero) is 1. The van der Waals surface area contributed by atoms with Gasteiger partial charge in [0.2, 0.25) is 5.78 Å². The van der Waals surface area contributed by atoms with E-state index in [9.17, 15) is 9.59 Å². The summed E-state index contributed by atoms with van der Waals surface area (Å²) < 4.78 is 22.0. The van der Waals surface area contributed by atoms with Crippen LogP contribution in [0.3, 0.4) is 0 Å². The number of ketones is 1. The second kappa shape index (κ2) is 8.29. The molecule has 0 saturated carbocycles.